The van der Waals surface area contributed by atoms with Gasteiger partial charge in [-0.15, -0.1) is 0 Å². The molecule has 1 saturated heterocycles. The average molecular weight is 334 g/mol. The topological polar surface area (TPSA) is 29.9 Å². The Kier molecular flexibility index (Phi) is 3.11. The zero-order valence-corrected chi connectivity index (χ0v) is 13.4. The molecular weight excluding hydrogens is 314 g/mol. The van der Waals surface area contributed by atoms with Crippen molar-refractivity contribution in [1.29, 1.82) is 0 Å². The number of benzene rings is 1. The first-order chi connectivity index (χ1) is 9.72. The zero-order valence-electron chi connectivity index (χ0n) is 11.8. The molecule has 4 heteroatoms. The third-order valence-electron chi connectivity index (χ3n) is 4.58. The molecule has 0 bridgehead atoms. The Balaban J connectivity index is 1.83. The molecule has 2 unspecified atom stereocenters. The Morgan fingerprint density at radius 3 is 2.90 bits per heavy atom. The van der Waals surface area contributed by atoms with E-state index in [0.717, 1.165) is 16.5 Å². The SMILES string of the molecule is CC1CC(c2nc3cc(Br)ccc3n2C2CC2)CCN1. The van der Waals surface area contributed by atoms with Crippen LogP contribution in [0.1, 0.15) is 50.4 Å². The summed E-state index contributed by atoms with van der Waals surface area (Å²) in [7, 11) is 0. The first-order valence-corrected chi connectivity index (χ1v) is 8.42. The number of nitrogens with one attached hydrogen (secondary N) is 1. The average Bonchev–Trinajstić information content (AvgIpc) is 3.19. The lowest BCUT2D eigenvalue weighted by Gasteiger charge is -2.28. The quantitative estimate of drug-likeness (QED) is 0.900. The van der Waals surface area contributed by atoms with Gasteiger partial charge in [0.2, 0.25) is 0 Å². The number of hydrogen-bond donors (Lipinski definition) is 1. The van der Waals surface area contributed by atoms with Crippen molar-refractivity contribution in [2.45, 2.75) is 50.6 Å². The first kappa shape index (κ1) is 12.8. The van der Waals surface area contributed by atoms with Crippen LogP contribution in [0, 0.1) is 0 Å². The van der Waals surface area contributed by atoms with Gasteiger partial charge in [-0.05, 0) is 57.4 Å². The molecule has 2 heterocycles. The molecule has 2 atom stereocenters. The van der Waals surface area contributed by atoms with Crippen molar-refractivity contribution in [2.24, 2.45) is 0 Å². The highest BCUT2D eigenvalue weighted by molar-refractivity contribution is 9.10. The molecule has 0 spiro atoms. The number of rotatable bonds is 2. The minimum atomic E-state index is 0.605. The van der Waals surface area contributed by atoms with E-state index >= 15 is 0 Å². The number of hydrogen-bond acceptors (Lipinski definition) is 2. The van der Waals surface area contributed by atoms with Crippen LogP contribution in [0.15, 0.2) is 22.7 Å². The zero-order chi connectivity index (χ0) is 13.7. The third kappa shape index (κ3) is 2.19. The Labute approximate surface area is 127 Å². The van der Waals surface area contributed by atoms with Gasteiger partial charge in [-0.2, -0.15) is 0 Å². The van der Waals surface area contributed by atoms with Crippen LogP contribution < -0.4 is 5.32 Å². The largest absolute Gasteiger partial charge is 0.325 e. The van der Waals surface area contributed by atoms with Gasteiger partial charge in [0.1, 0.15) is 5.82 Å². The van der Waals surface area contributed by atoms with Crippen LogP contribution >= 0.6 is 15.9 Å². The fourth-order valence-corrected chi connectivity index (χ4v) is 3.81. The molecule has 20 heavy (non-hydrogen) atoms. The number of piperidine rings is 1. The van der Waals surface area contributed by atoms with Crippen LogP contribution in [0.2, 0.25) is 0 Å². The highest BCUT2D eigenvalue weighted by Crippen LogP contribution is 2.42. The number of fused-ring (bicyclic) bond motifs is 1. The van der Waals surface area contributed by atoms with Crippen LogP contribution in [-0.4, -0.2) is 22.1 Å². The van der Waals surface area contributed by atoms with Gasteiger partial charge >= 0.3 is 0 Å². The van der Waals surface area contributed by atoms with Crippen molar-refractivity contribution < 1.29 is 0 Å². The summed E-state index contributed by atoms with van der Waals surface area (Å²) in [6, 6.07) is 7.81. The summed E-state index contributed by atoms with van der Waals surface area (Å²) in [6.45, 7) is 3.40. The molecule has 1 aromatic heterocycles. The van der Waals surface area contributed by atoms with Crippen molar-refractivity contribution in [3.8, 4) is 0 Å². The molecule has 1 aromatic carbocycles. The summed E-state index contributed by atoms with van der Waals surface area (Å²) < 4.78 is 3.65. The van der Waals surface area contributed by atoms with Crippen LogP contribution in [0.3, 0.4) is 0 Å². The van der Waals surface area contributed by atoms with E-state index in [1.807, 2.05) is 0 Å². The lowest BCUT2D eigenvalue weighted by atomic mass is 9.92. The Morgan fingerprint density at radius 1 is 1.30 bits per heavy atom. The van der Waals surface area contributed by atoms with E-state index in [4.69, 9.17) is 4.98 Å². The van der Waals surface area contributed by atoms with E-state index in [0.29, 0.717) is 18.0 Å². The Hall–Kier alpha value is -0.870. The highest BCUT2D eigenvalue weighted by Gasteiger charge is 2.32. The second-order valence-electron chi connectivity index (χ2n) is 6.28. The van der Waals surface area contributed by atoms with Crippen molar-refractivity contribution in [3.63, 3.8) is 0 Å². The van der Waals surface area contributed by atoms with Gasteiger partial charge in [0.05, 0.1) is 11.0 Å². The minimum absolute atomic E-state index is 0.605. The summed E-state index contributed by atoms with van der Waals surface area (Å²) in [5, 5.41) is 3.54. The van der Waals surface area contributed by atoms with Crippen molar-refractivity contribution in [1.82, 2.24) is 14.9 Å². The van der Waals surface area contributed by atoms with Crippen LogP contribution in [0.5, 0.6) is 0 Å². The highest BCUT2D eigenvalue weighted by atomic mass is 79.9. The fraction of sp³-hybridized carbons (Fsp3) is 0.562. The van der Waals surface area contributed by atoms with Crippen LogP contribution in [-0.2, 0) is 0 Å². The predicted molar refractivity (Wildman–Crippen MR) is 85.1 cm³/mol. The lowest BCUT2D eigenvalue weighted by molar-refractivity contribution is 0.364. The molecule has 0 radical (unpaired) electrons. The lowest BCUT2D eigenvalue weighted by Crippen LogP contribution is -2.35. The predicted octanol–water partition coefficient (Wildman–Crippen LogP) is 3.99. The molecule has 4 rings (SSSR count). The molecule has 2 aliphatic rings. The maximum absolute atomic E-state index is 5.00. The van der Waals surface area contributed by atoms with E-state index < -0.39 is 0 Å². The molecule has 0 amide bonds. The summed E-state index contributed by atoms with van der Waals surface area (Å²) in [5.74, 6) is 1.94. The molecule has 1 N–H and O–H groups in total. The second kappa shape index (κ2) is 4.85. The summed E-state index contributed by atoms with van der Waals surface area (Å²) in [5.41, 5.74) is 2.46. The molecule has 1 aliphatic carbocycles. The second-order valence-corrected chi connectivity index (χ2v) is 7.20. The normalized spacial score (nSPS) is 27.1. The van der Waals surface area contributed by atoms with Crippen LogP contribution in [0.4, 0.5) is 0 Å². The van der Waals surface area contributed by atoms with E-state index in [-0.39, 0.29) is 0 Å². The minimum Gasteiger partial charge on any atom is -0.325 e. The van der Waals surface area contributed by atoms with E-state index in [9.17, 15) is 0 Å². The van der Waals surface area contributed by atoms with Gasteiger partial charge in [-0.3, -0.25) is 0 Å². The maximum Gasteiger partial charge on any atom is 0.113 e. The van der Waals surface area contributed by atoms with Crippen molar-refractivity contribution in [3.05, 3.63) is 28.5 Å². The fourth-order valence-electron chi connectivity index (χ4n) is 3.46. The van der Waals surface area contributed by atoms with Gasteiger partial charge in [-0.1, -0.05) is 15.9 Å². The summed E-state index contributed by atoms with van der Waals surface area (Å²) in [6.07, 6.45) is 5.04. The summed E-state index contributed by atoms with van der Waals surface area (Å²) in [4.78, 5) is 5.00. The van der Waals surface area contributed by atoms with E-state index in [1.54, 1.807) is 0 Å². The first-order valence-electron chi connectivity index (χ1n) is 7.63. The molecular formula is C16H20BrN3. The van der Waals surface area contributed by atoms with Crippen molar-refractivity contribution in [2.75, 3.05) is 6.54 Å². The van der Waals surface area contributed by atoms with E-state index in [1.165, 1.54) is 37.0 Å². The van der Waals surface area contributed by atoms with Gasteiger partial charge in [0, 0.05) is 22.5 Å². The molecule has 106 valence electrons. The number of halogens is 1. The standard InChI is InChI=1S/C16H20BrN3/c1-10-8-11(6-7-18-10)16-19-14-9-12(17)2-5-15(14)20(16)13-3-4-13/h2,5,9-11,13,18H,3-4,6-8H2,1H3. The maximum atomic E-state index is 5.00. The Morgan fingerprint density at radius 2 is 2.15 bits per heavy atom. The van der Waals surface area contributed by atoms with Crippen LogP contribution in [0.25, 0.3) is 11.0 Å². The van der Waals surface area contributed by atoms with E-state index in [2.05, 4.69) is 50.9 Å². The molecule has 1 saturated carbocycles. The molecule has 2 aromatic rings. The number of nitrogens with zero attached hydrogens (tertiary/aromatic N) is 2. The monoisotopic (exact) mass is 333 g/mol. The molecule has 3 nitrogen and oxygen atoms in total. The number of imidazole rings is 1. The molecule has 2 fully saturated rings. The number of aromatic nitrogens is 2. The van der Waals surface area contributed by atoms with Gasteiger partial charge in [0.15, 0.2) is 0 Å². The smallest absolute Gasteiger partial charge is 0.113 e. The Bertz CT molecular complexity index is 644. The summed E-state index contributed by atoms with van der Waals surface area (Å²) >= 11 is 3.57. The van der Waals surface area contributed by atoms with Gasteiger partial charge in [-0.25, -0.2) is 4.98 Å². The molecule has 1 aliphatic heterocycles. The van der Waals surface area contributed by atoms with Gasteiger partial charge < -0.3 is 9.88 Å². The van der Waals surface area contributed by atoms with Crippen molar-refractivity contribution >= 4 is 27.0 Å². The third-order valence-corrected chi connectivity index (χ3v) is 5.07. The van der Waals surface area contributed by atoms with Gasteiger partial charge in [0.25, 0.3) is 0 Å².